The molecule has 4 nitrogen and oxygen atoms in total. The zero-order chi connectivity index (χ0) is 15.1. The molecule has 0 saturated heterocycles. The van der Waals surface area contributed by atoms with E-state index in [9.17, 15) is 14.4 Å². The molecule has 0 aliphatic rings. The second-order valence-corrected chi connectivity index (χ2v) is 6.68. The molecule has 21 heavy (non-hydrogen) atoms. The Morgan fingerprint density at radius 2 is 1.05 bits per heavy atom. The van der Waals surface area contributed by atoms with E-state index in [4.69, 9.17) is 0 Å². The van der Waals surface area contributed by atoms with Crippen LogP contribution in [0.3, 0.4) is 0 Å². The predicted molar refractivity (Wildman–Crippen MR) is 85.0 cm³/mol. The van der Waals surface area contributed by atoms with Crippen LogP contribution in [0.25, 0.3) is 0 Å². The molecule has 0 aromatic carbocycles. The third-order valence-electron chi connectivity index (χ3n) is 3.50. The molecule has 0 aliphatic carbocycles. The monoisotopic (exact) mass is 330 g/mol. The molecule has 0 atom stereocenters. The Balaban J connectivity index is 0. The van der Waals surface area contributed by atoms with Crippen molar-refractivity contribution in [2.45, 2.75) is 90.4 Å². The van der Waals surface area contributed by atoms with Crippen molar-refractivity contribution in [2.24, 2.45) is 0 Å². The van der Waals surface area contributed by atoms with Crippen molar-refractivity contribution < 1.29 is 18.9 Å². The zero-order valence-corrected chi connectivity index (χ0v) is 16.0. The number of unbranched alkanes of at least 4 members (excludes halogenated alkanes) is 12. The smallest absolute Gasteiger partial charge is 0.790 e. The van der Waals surface area contributed by atoms with E-state index in [1.807, 2.05) is 0 Å². The number of rotatable bonds is 15. The first-order valence-corrected chi connectivity index (χ1v) is 9.69. The summed E-state index contributed by atoms with van der Waals surface area (Å²) in [5.41, 5.74) is 0. The fourth-order valence-electron chi connectivity index (χ4n) is 2.30. The summed E-state index contributed by atoms with van der Waals surface area (Å²) in [5.74, 6) is 0. The maximum absolute atomic E-state index is 10.2. The predicted octanol–water partition coefficient (Wildman–Crippen LogP) is 3.54. The van der Waals surface area contributed by atoms with E-state index in [2.05, 4.69) is 11.4 Å². The molecular formula is C15H31MgO4P. The molecule has 0 saturated carbocycles. The standard InChI is InChI=1S/C15H33O4P.Mg/c1-2-3-4-5-6-7-8-9-10-11-12-13-14-15-19-20(16,17)18;/h2-15H2,1H3,(H2,16,17,18);/q;+2/p-2. The van der Waals surface area contributed by atoms with Crippen molar-refractivity contribution in [2.75, 3.05) is 6.61 Å². The van der Waals surface area contributed by atoms with Crippen LogP contribution in [-0.4, -0.2) is 29.7 Å². The van der Waals surface area contributed by atoms with Gasteiger partial charge >= 0.3 is 23.1 Å². The molecular weight excluding hydrogens is 299 g/mol. The molecule has 0 heterocycles. The van der Waals surface area contributed by atoms with E-state index >= 15 is 0 Å². The van der Waals surface area contributed by atoms with Gasteiger partial charge in [0.1, 0.15) is 0 Å². The SMILES string of the molecule is CCCCCCCCCCCCCCCOP(=O)([O-])[O-].[Mg+2]. The molecule has 0 aliphatic heterocycles. The van der Waals surface area contributed by atoms with Crippen LogP contribution >= 0.6 is 7.82 Å². The van der Waals surface area contributed by atoms with Gasteiger partial charge in [0.2, 0.25) is 0 Å². The van der Waals surface area contributed by atoms with Gasteiger partial charge in [-0.25, -0.2) is 0 Å². The zero-order valence-electron chi connectivity index (χ0n) is 13.7. The molecule has 0 radical (unpaired) electrons. The molecule has 0 aromatic heterocycles. The fraction of sp³-hybridized carbons (Fsp3) is 1.00. The molecule has 0 aromatic rings. The van der Waals surface area contributed by atoms with Crippen LogP contribution in [-0.2, 0) is 9.09 Å². The van der Waals surface area contributed by atoms with E-state index < -0.39 is 7.82 Å². The van der Waals surface area contributed by atoms with Gasteiger partial charge < -0.3 is 18.9 Å². The minimum absolute atomic E-state index is 0. The normalized spacial score (nSPS) is 11.4. The summed E-state index contributed by atoms with van der Waals surface area (Å²) in [6.45, 7) is 2.29. The van der Waals surface area contributed by atoms with Crippen LogP contribution in [0.4, 0.5) is 0 Å². The maximum atomic E-state index is 10.2. The van der Waals surface area contributed by atoms with E-state index in [0.717, 1.165) is 12.8 Å². The Hall–Kier alpha value is 0.876. The second-order valence-electron chi connectivity index (χ2n) is 5.52. The second kappa shape index (κ2) is 17.2. The Morgan fingerprint density at radius 1 is 0.714 bits per heavy atom. The molecule has 0 unspecified atom stereocenters. The minimum atomic E-state index is -4.75. The summed E-state index contributed by atoms with van der Waals surface area (Å²) in [6.07, 6.45) is 16.0. The third-order valence-corrected chi connectivity index (χ3v) is 4.00. The average Bonchev–Trinajstić information content (AvgIpc) is 2.38. The topological polar surface area (TPSA) is 72.4 Å². The van der Waals surface area contributed by atoms with E-state index in [1.165, 1.54) is 64.2 Å². The first kappa shape index (κ1) is 24.1. The van der Waals surface area contributed by atoms with Gasteiger partial charge in [0.15, 0.2) is 0 Å². The Bertz CT molecular complexity index is 246. The van der Waals surface area contributed by atoms with Gasteiger partial charge in [-0.2, -0.15) is 0 Å². The summed E-state index contributed by atoms with van der Waals surface area (Å²) in [4.78, 5) is 20.4. The van der Waals surface area contributed by atoms with Crippen molar-refractivity contribution in [3.63, 3.8) is 0 Å². The quantitative estimate of drug-likeness (QED) is 0.261. The molecule has 0 spiro atoms. The fourth-order valence-corrected chi connectivity index (χ4v) is 2.65. The molecule has 0 bridgehead atoms. The van der Waals surface area contributed by atoms with Gasteiger partial charge in [0.05, 0.1) is 14.4 Å². The van der Waals surface area contributed by atoms with Crippen LogP contribution in [0.5, 0.6) is 0 Å². The summed E-state index contributed by atoms with van der Waals surface area (Å²) < 4.78 is 14.4. The van der Waals surface area contributed by atoms with Gasteiger partial charge in [-0.1, -0.05) is 84.0 Å². The summed E-state index contributed by atoms with van der Waals surface area (Å²) in [7, 11) is -4.75. The van der Waals surface area contributed by atoms with Crippen LogP contribution in [0.15, 0.2) is 0 Å². The molecule has 0 amide bonds. The minimum Gasteiger partial charge on any atom is -0.790 e. The largest absolute Gasteiger partial charge is 2.00 e. The van der Waals surface area contributed by atoms with Crippen molar-refractivity contribution in [1.29, 1.82) is 0 Å². The Kier molecular flexibility index (Phi) is 19.8. The molecule has 0 rings (SSSR count). The number of hydrogen-bond acceptors (Lipinski definition) is 4. The van der Waals surface area contributed by atoms with Crippen molar-refractivity contribution in [3.8, 4) is 0 Å². The third kappa shape index (κ3) is 23.3. The summed E-state index contributed by atoms with van der Waals surface area (Å²) >= 11 is 0. The van der Waals surface area contributed by atoms with Gasteiger partial charge in [-0.15, -0.1) is 0 Å². The molecule has 122 valence electrons. The van der Waals surface area contributed by atoms with E-state index in [0.29, 0.717) is 6.42 Å². The molecule has 6 heteroatoms. The first-order valence-electron chi connectivity index (χ1n) is 8.23. The average molecular weight is 331 g/mol. The summed E-state index contributed by atoms with van der Waals surface area (Å²) in [6, 6.07) is 0. The first-order chi connectivity index (χ1) is 9.56. The molecule has 0 N–H and O–H groups in total. The Labute approximate surface area is 146 Å². The van der Waals surface area contributed by atoms with E-state index in [-0.39, 0.29) is 29.7 Å². The van der Waals surface area contributed by atoms with Crippen LogP contribution in [0.1, 0.15) is 90.4 Å². The van der Waals surface area contributed by atoms with Crippen LogP contribution in [0, 0.1) is 0 Å². The van der Waals surface area contributed by atoms with Gasteiger partial charge in [-0.3, -0.25) is 0 Å². The maximum Gasteiger partial charge on any atom is 2.00 e. The van der Waals surface area contributed by atoms with Crippen LogP contribution in [0.2, 0.25) is 0 Å². The number of phosphoric acid groups is 1. The van der Waals surface area contributed by atoms with Crippen molar-refractivity contribution in [1.82, 2.24) is 0 Å². The van der Waals surface area contributed by atoms with E-state index in [1.54, 1.807) is 0 Å². The van der Waals surface area contributed by atoms with Gasteiger partial charge in [-0.05, 0) is 6.42 Å². The molecule has 0 fully saturated rings. The van der Waals surface area contributed by atoms with Crippen molar-refractivity contribution >= 4 is 30.9 Å². The van der Waals surface area contributed by atoms with Crippen LogP contribution < -0.4 is 9.79 Å². The number of phosphoric ester groups is 1. The summed E-state index contributed by atoms with van der Waals surface area (Å²) in [5, 5.41) is 0. The van der Waals surface area contributed by atoms with Gasteiger partial charge in [0, 0.05) is 0 Å². The Morgan fingerprint density at radius 3 is 1.38 bits per heavy atom. The van der Waals surface area contributed by atoms with Gasteiger partial charge in [0.25, 0.3) is 0 Å². The van der Waals surface area contributed by atoms with Crippen molar-refractivity contribution in [3.05, 3.63) is 0 Å². The number of hydrogen-bond donors (Lipinski definition) is 0.